The molecule has 1 amide bonds. The van der Waals surface area contributed by atoms with Crippen LogP contribution in [0.5, 0.6) is 0 Å². The molecule has 4 heteroatoms. The van der Waals surface area contributed by atoms with Crippen molar-refractivity contribution in [3.8, 4) is 0 Å². The second-order valence-corrected chi connectivity index (χ2v) is 3.41. The molecule has 78 valence electrons. The molecule has 1 fully saturated rings. The van der Waals surface area contributed by atoms with Gasteiger partial charge in [0.1, 0.15) is 12.4 Å². The molecule has 0 saturated carbocycles. The Morgan fingerprint density at radius 2 is 2.36 bits per heavy atom. The molecule has 1 unspecified atom stereocenters. The molecule has 0 aromatic heterocycles. The maximum atomic E-state index is 11.3. The van der Waals surface area contributed by atoms with Gasteiger partial charge in [0, 0.05) is 19.0 Å². The molecule has 14 heavy (non-hydrogen) atoms. The molecule has 0 spiro atoms. The summed E-state index contributed by atoms with van der Waals surface area (Å²) in [7, 11) is 0. The van der Waals surface area contributed by atoms with E-state index in [0.717, 1.165) is 6.42 Å². The number of ether oxygens (including phenoxy) is 1. The Hall–Kier alpha value is -1.32. The van der Waals surface area contributed by atoms with Crippen LogP contribution in [0.2, 0.25) is 0 Å². The average molecular weight is 197 g/mol. The zero-order valence-corrected chi connectivity index (χ0v) is 8.36. The molecule has 0 bridgehead atoms. The van der Waals surface area contributed by atoms with Crippen molar-refractivity contribution in [3.63, 3.8) is 0 Å². The third-order valence-electron chi connectivity index (χ3n) is 2.35. The number of rotatable bonds is 3. The fourth-order valence-electron chi connectivity index (χ4n) is 1.48. The quantitative estimate of drug-likeness (QED) is 0.639. The third-order valence-corrected chi connectivity index (χ3v) is 2.35. The summed E-state index contributed by atoms with van der Waals surface area (Å²) in [5.74, 6) is 0.135. The minimum Gasteiger partial charge on any atom is -0.445 e. The van der Waals surface area contributed by atoms with E-state index < -0.39 is 0 Å². The van der Waals surface area contributed by atoms with E-state index in [1.165, 1.54) is 6.08 Å². The summed E-state index contributed by atoms with van der Waals surface area (Å²) in [4.78, 5) is 23.9. The summed E-state index contributed by atoms with van der Waals surface area (Å²) in [5, 5.41) is 0. The molecular weight excluding hydrogens is 182 g/mol. The monoisotopic (exact) mass is 197 g/mol. The number of carbonyl (C=O) groups is 2. The summed E-state index contributed by atoms with van der Waals surface area (Å²) in [6.45, 7) is 6.34. The molecule has 1 heterocycles. The number of hydrogen-bond donors (Lipinski definition) is 0. The van der Waals surface area contributed by atoms with Crippen LogP contribution < -0.4 is 0 Å². The molecule has 0 aromatic carbocycles. The molecule has 1 atom stereocenters. The van der Waals surface area contributed by atoms with Crippen molar-refractivity contribution in [3.05, 3.63) is 12.7 Å². The fourth-order valence-corrected chi connectivity index (χ4v) is 1.48. The first-order chi connectivity index (χ1) is 6.65. The van der Waals surface area contributed by atoms with E-state index in [-0.39, 0.29) is 24.4 Å². The lowest BCUT2D eigenvalue weighted by molar-refractivity contribution is -0.120. The highest BCUT2D eigenvalue weighted by atomic mass is 16.6. The predicted octanol–water partition coefficient (Wildman–Crippen LogP) is 1.22. The molecule has 1 saturated heterocycles. The number of likely N-dealkylation sites (tertiary alicyclic amines) is 1. The van der Waals surface area contributed by atoms with Crippen molar-refractivity contribution in [2.24, 2.45) is 5.92 Å². The van der Waals surface area contributed by atoms with Gasteiger partial charge in [-0.15, -0.1) is 0 Å². The van der Waals surface area contributed by atoms with E-state index in [1.54, 1.807) is 11.8 Å². The van der Waals surface area contributed by atoms with Crippen molar-refractivity contribution in [2.45, 2.75) is 13.3 Å². The van der Waals surface area contributed by atoms with E-state index in [0.29, 0.717) is 13.1 Å². The average Bonchev–Trinajstić information content (AvgIpc) is 2.62. The minimum absolute atomic E-state index is 0.00807. The van der Waals surface area contributed by atoms with E-state index in [2.05, 4.69) is 6.58 Å². The third kappa shape index (κ3) is 2.58. The van der Waals surface area contributed by atoms with Crippen LogP contribution in [0.25, 0.3) is 0 Å². The first kappa shape index (κ1) is 10.8. The van der Waals surface area contributed by atoms with Gasteiger partial charge in [0.2, 0.25) is 0 Å². The van der Waals surface area contributed by atoms with Crippen LogP contribution in [0.1, 0.15) is 13.3 Å². The summed E-state index contributed by atoms with van der Waals surface area (Å²) < 4.78 is 4.86. The zero-order chi connectivity index (χ0) is 10.6. The molecule has 0 radical (unpaired) electrons. The fraction of sp³-hybridized carbons (Fsp3) is 0.600. The van der Waals surface area contributed by atoms with Crippen molar-refractivity contribution in [1.82, 2.24) is 4.90 Å². The Morgan fingerprint density at radius 3 is 2.86 bits per heavy atom. The van der Waals surface area contributed by atoms with Crippen molar-refractivity contribution < 1.29 is 14.3 Å². The highest BCUT2D eigenvalue weighted by Gasteiger charge is 2.29. The Balaban J connectivity index is 2.37. The normalized spacial score (nSPS) is 20.6. The molecule has 1 aliphatic rings. The van der Waals surface area contributed by atoms with Gasteiger partial charge >= 0.3 is 6.09 Å². The van der Waals surface area contributed by atoms with Gasteiger partial charge in [-0.25, -0.2) is 4.79 Å². The van der Waals surface area contributed by atoms with Crippen LogP contribution in [0.3, 0.4) is 0 Å². The van der Waals surface area contributed by atoms with Crippen molar-refractivity contribution in [1.29, 1.82) is 0 Å². The maximum Gasteiger partial charge on any atom is 0.410 e. The standard InChI is InChI=1S/C10H15NO3/c1-3-6-14-10(13)11-5-4-9(7-11)8(2)12/h3,9H,1,4-7H2,2H3. The Kier molecular flexibility index (Phi) is 3.68. The number of ketones is 1. The van der Waals surface area contributed by atoms with Gasteiger partial charge in [0.15, 0.2) is 0 Å². The van der Waals surface area contributed by atoms with Gasteiger partial charge in [-0.1, -0.05) is 12.7 Å². The number of amides is 1. The first-order valence-corrected chi connectivity index (χ1v) is 4.68. The molecule has 0 aliphatic carbocycles. The first-order valence-electron chi connectivity index (χ1n) is 4.68. The van der Waals surface area contributed by atoms with Crippen LogP contribution in [-0.4, -0.2) is 36.5 Å². The summed E-state index contributed by atoms with van der Waals surface area (Å²) in [6.07, 6.45) is 1.92. The summed E-state index contributed by atoms with van der Waals surface area (Å²) in [6, 6.07) is 0. The predicted molar refractivity (Wildman–Crippen MR) is 51.9 cm³/mol. The second-order valence-electron chi connectivity index (χ2n) is 3.41. The van der Waals surface area contributed by atoms with Crippen molar-refractivity contribution >= 4 is 11.9 Å². The lowest BCUT2D eigenvalue weighted by atomic mass is 10.1. The van der Waals surface area contributed by atoms with Gasteiger partial charge in [-0.05, 0) is 13.3 Å². The van der Waals surface area contributed by atoms with Gasteiger partial charge in [-0.3, -0.25) is 4.79 Å². The molecule has 0 N–H and O–H groups in total. The lowest BCUT2D eigenvalue weighted by Crippen LogP contribution is -2.30. The zero-order valence-electron chi connectivity index (χ0n) is 8.36. The Morgan fingerprint density at radius 1 is 1.64 bits per heavy atom. The largest absolute Gasteiger partial charge is 0.445 e. The van der Waals surface area contributed by atoms with E-state index in [4.69, 9.17) is 4.74 Å². The molecular formula is C10H15NO3. The van der Waals surface area contributed by atoms with Crippen LogP contribution in [-0.2, 0) is 9.53 Å². The number of nitrogens with zero attached hydrogens (tertiary/aromatic N) is 1. The van der Waals surface area contributed by atoms with Crippen LogP contribution in [0.4, 0.5) is 4.79 Å². The number of Topliss-reactive ketones (excluding diaryl/α,β-unsaturated/α-hetero) is 1. The van der Waals surface area contributed by atoms with Crippen LogP contribution in [0, 0.1) is 5.92 Å². The Labute approximate surface area is 83.5 Å². The highest BCUT2D eigenvalue weighted by molar-refractivity contribution is 5.80. The van der Waals surface area contributed by atoms with E-state index in [1.807, 2.05) is 0 Å². The van der Waals surface area contributed by atoms with E-state index >= 15 is 0 Å². The van der Waals surface area contributed by atoms with Gasteiger partial charge < -0.3 is 9.64 Å². The maximum absolute atomic E-state index is 11.3. The second kappa shape index (κ2) is 4.79. The Bertz CT molecular complexity index is 250. The topological polar surface area (TPSA) is 46.6 Å². The van der Waals surface area contributed by atoms with Gasteiger partial charge in [0.25, 0.3) is 0 Å². The molecule has 1 rings (SSSR count). The molecule has 1 aliphatic heterocycles. The van der Waals surface area contributed by atoms with Gasteiger partial charge in [0.05, 0.1) is 0 Å². The highest BCUT2D eigenvalue weighted by Crippen LogP contribution is 2.17. The van der Waals surface area contributed by atoms with E-state index in [9.17, 15) is 9.59 Å². The molecule has 4 nitrogen and oxygen atoms in total. The van der Waals surface area contributed by atoms with Crippen LogP contribution >= 0.6 is 0 Å². The number of hydrogen-bond acceptors (Lipinski definition) is 3. The van der Waals surface area contributed by atoms with Gasteiger partial charge in [-0.2, -0.15) is 0 Å². The van der Waals surface area contributed by atoms with Crippen LogP contribution in [0.15, 0.2) is 12.7 Å². The minimum atomic E-state index is -0.353. The lowest BCUT2D eigenvalue weighted by Gasteiger charge is -2.14. The van der Waals surface area contributed by atoms with Crippen molar-refractivity contribution in [2.75, 3.05) is 19.7 Å². The summed E-state index contributed by atoms with van der Waals surface area (Å²) in [5.41, 5.74) is 0. The smallest absolute Gasteiger partial charge is 0.410 e. The molecule has 0 aromatic rings. The SMILES string of the molecule is C=CCOC(=O)N1CCC(C(C)=O)C1. The number of carbonyl (C=O) groups excluding carboxylic acids is 2. The summed E-state index contributed by atoms with van der Waals surface area (Å²) >= 11 is 0.